The molecule has 0 saturated carbocycles. The van der Waals surface area contributed by atoms with Gasteiger partial charge in [-0.25, -0.2) is 13.2 Å². The standard InChI is InChI=1S/C14H14F13NO4S/c1-2-8(29)32-5-4-28-7-33(30,31)6-3-9(15,16)10(17,18)11(19,20)12(21,22)13(23,24)14(25,26)27/h2,28H,1,3-7H2. The van der Waals surface area contributed by atoms with E-state index in [9.17, 15) is 70.3 Å². The van der Waals surface area contributed by atoms with Gasteiger partial charge in [0.05, 0.1) is 11.6 Å². The molecule has 33 heavy (non-hydrogen) atoms. The molecule has 0 unspecified atom stereocenters. The van der Waals surface area contributed by atoms with Gasteiger partial charge < -0.3 is 10.1 Å². The van der Waals surface area contributed by atoms with Gasteiger partial charge in [0.1, 0.15) is 6.61 Å². The first-order valence-electron chi connectivity index (χ1n) is 8.07. The average Bonchev–Trinajstić information content (AvgIpc) is 2.64. The third-order valence-electron chi connectivity index (χ3n) is 3.74. The second-order valence-corrected chi connectivity index (χ2v) is 8.40. The molecule has 0 heterocycles. The van der Waals surface area contributed by atoms with E-state index in [0.717, 1.165) is 0 Å². The molecule has 0 aromatic rings. The van der Waals surface area contributed by atoms with Crippen LogP contribution in [0.4, 0.5) is 57.1 Å². The van der Waals surface area contributed by atoms with Gasteiger partial charge in [0.25, 0.3) is 0 Å². The van der Waals surface area contributed by atoms with Crippen LogP contribution in [0.2, 0.25) is 0 Å². The summed E-state index contributed by atoms with van der Waals surface area (Å²) in [6, 6.07) is 0. The van der Waals surface area contributed by atoms with E-state index in [1.165, 1.54) is 0 Å². The topological polar surface area (TPSA) is 72.5 Å². The monoisotopic (exact) mass is 539 g/mol. The Kier molecular flexibility index (Phi) is 9.30. The van der Waals surface area contributed by atoms with Gasteiger partial charge in [0.15, 0.2) is 9.84 Å². The summed E-state index contributed by atoms with van der Waals surface area (Å²) in [4.78, 5) is 10.7. The molecule has 0 spiro atoms. The summed E-state index contributed by atoms with van der Waals surface area (Å²) in [6.45, 7) is 2.05. The fourth-order valence-electron chi connectivity index (χ4n) is 1.83. The Hall–Kier alpha value is -1.79. The van der Waals surface area contributed by atoms with E-state index in [2.05, 4.69) is 11.3 Å². The second-order valence-electron chi connectivity index (χ2n) is 6.21. The summed E-state index contributed by atoms with van der Waals surface area (Å²) in [5.74, 6) is -42.3. The van der Waals surface area contributed by atoms with Crippen LogP contribution in [0.25, 0.3) is 0 Å². The van der Waals surface area contributed by atoms with Crippen LogP contribution in [-0.4, -0.2) is 75.0 Å². The van der Waals surface area contributed by atoms with Crippen molar-refractivity contribution in [3.05, 3.63) is 12.7 Å². The Morgan fingerprint density at radius 1 is 0.818 bits per heavy atom. The first-order chi connectivity index (χ1) is 14.4. The van der Waals surface area contributed by atoms with Crippen molar-refractivity contribution in [2.24, 2.45) is 0 Å². The number of hydrogen-bond donors (Lipinski definition) is 1. The van der Waals surface area contributed by atoms with Crippen molar-refractivity contribution in [1.29, 1.82) is 0 Å². The minimum Gasteiger partial charge on any atom is -0.461 e. The zero-order valence-electron chi connectivity index (χ0n) is 15.8. The maximum atomic E-state index is 13.6. The Labute approximate surface area is 176 Å². The van der Waals surface area contributed by atoms with Gasteiger partial charge in [-0.15, -0.1) is 0 Å². The summed E-state index contributed by atoms with van der Waals surface area (Å²) in [6.07, 6.45) is -9.66. The van der Waals surface area contributed by atoms with Crippen LogP contribution in [0.5, 0.6) is 0 Å². The predicted molar refractivity (Wildman–Crippen MR) is 83.2 cm³/mol. The summed E-state index contributed by atoms with van der Waals surface area (Å²) in [5.41, 5.74) is 0. The van der Waals surface area contributed by atoms with Crippen LogP contribution in [-0.2, 0) is 19.4 Å². The highest BCUT2D eigenvalue weighted by Crippen LogP contribution is 2.60. The minimum absolute atomic E-state index is 0.456. The molecule has 0 aromatic carbocycles. The normalized spacial score (nSPS) is 14.8. The first kappa shape index (κ1) is 31.2. The Bertz CT molecular complexity index is 808. The number of alkyl halides is 13. The molecule has 0 saturated heterocycles. The lowest BCUT2D eigenvalue weighted by molar-refractivity contribution is -0.439. The van der Waals surface area contributed by atoms with Gasteiger partial charge in [0, 0.05) is 19.0 Å². The maximum Gasteiger partial charge on any atom is 0.460 e. The van der Waals surface area contributed by atoms with Gasteiger partial charge in [-0.2, -0.15) is 57.1 Å². The van der Waals surface area contributed by atoms with E-state index in [0.29, 0.717) is 6.08 Å². The lowest BCUT2D eigenvalue weighted by atomic mass is 9.93. The molecule has 0 radical (unpaired) electrons. The van der Waals surface area contributed by atoms with Crippen molar-refractivity contribution in [3.63, 3.8) is 0 Å². The molecule has 0 fully saturated rings. The van der Waals surface area contributed by atoms with Gasteiger partial charge in [0.2, 0.25) is 0 Å². The van der Waals surface area contributed by atoms with E-state index in [4.69, 9.17) is 0 Å². The van der Waals surface area contributed by atoms with Crippen LogP contribution >= 0.6 is 0 Å². The molecule has 196 valence electrons. The Balaban J connectivity index is 5.46. The van der Waals surface area contributed by atoms with Crippen molar-refractivity contribution in [3.8, 4) is 0 Å². The van der Waals surface area contributed by atoms with Crippen LogP contribution in [0.1, 0.15) is 6.42 Å². The number of ether oxygens (including phenoxy) is 1. The predicted octanol–water partition coefficient (Wildman–Crippen LogP) is 3.81. The number of halogens is 13. The number of carbonyl (C=O) groups is 1. The summed E-state index contributed by atoms with van der Waals surface area (Å²) in [7, 11) is -4.86. The molecule has 0 bridgehead atoms. The number of esters is 1. The van der Waals surface area contributed by atoms with Crippen molar-refractivity contribution in [2.75, 3.05) is 24.8 Å². The Morgan fingerprint density at radius 2 is 1.27 bits per heavy atom. The number of hydrogen-bond acceptors (Lipinski definition) is 5. The molecular formula is C14H14F13NO4S. The van der Waals surface area contributed by atoms with Crippen LogP contribution in [0.3, 0.4) is 0 Å². The number of rotatable bonds is 13. The molecule has 0 aliphatic carbocycles. The van der Waals surface area contributed by atoms with E-state index in [1.807, 2.05) is 5.32 Å². The van der Waals surface area contributed by atoms with Crippen LogP contribution in [0.15, 0.2) is 12.7 Å². The third-order valence-corrected chi connectivity index (χ3v) is 5.21. The lowest BCUT2D eigenvalue weighted by Crippen LogP contribution is -2.70. The fourth-order valence-corrected chi connectivity index (χ4v) is 2.99. The van der Waals surface area contributed by atoms with Gasteiger partial charge in [-0.05, 0) is 0 Å². The summed E-state index contributed by atoms with van der Waals surface area (Å²) < 4.78 is 196. The smallest absolute Gasteiger partial charge is 0.460 e. The second kappa shape index (κ2) is 9.83. The van der Waals surface area contributed by atoms with Crippen molar-refractivity contribution in [2.45, 2.75) is 42.2 Å². The maximum absolute atomic E-state index is 13.6. The molecule has 0 aliphatic rings. The highest BCUT2D eigenvalue weighted by atomic mass is 32.2. The zero-order chi connectivity index (χ0) is 26.7. The molecule has 0 aliphatic heterocycles. The quantitative estimate of drug-likeness (QED) is 0.167. The number of sulfone groups is 1. The molecule has 0 amide bonds. The van der Waals surface area contributed by atoms with Crippen LogP contribution in [0, 0.1) is 0 Å². The van der Waals surface area contributed by atoms with Crippen molar-refractivity contribution < 1.29 is 75.0 Å². The van der Waals surface area contributed by atoms with E-state index in [-0.39, 0.29) is 0 Å². The van der Waals surface area contributed by atoms with Gasteiger partial charge in [-0.3, -0.25) is 0 Å². The molecule has 1 N–H and O–H groups in total. The average molecular weight is 539 g/mol. The third kappa shape index (κ3) is 6.42. The molecule has 5 nitrogen and oxygen atoms in total. The number of carbonyl (C=O) groups excluding carboxylic acids is 1. The first-order valence-corrected chi connectivity index (χ1v) is 9.89. The lowest BCUT2D eigenvalue weighted by Gasteiger charge is -2.39. The van der Waals surface area contributed by atoms with E-state index < -0.39 is 82.8 Å². The van der Waals surface area contributed by atoms with Gasteiger partial charge >= 0.3 is 41.8 Å². The molecule has 0 rings (SSSR count). The highest BCUT2D eigenvalue weighted by molar-refractivity contribution is 7.91. The van der Waals surface area contributed by atoms with E-state index in [1.54, 1.807) is 0 Å². The zero-order valence-corrected chi connectivity index (χ0v) is 16.6. The van der Waals surface area contributed by atoms with Crippen LogP contribution < -0.4 is 5.32 Å². The van der Waals surface area contributed by atoms with E-state index >= 15 is 0 Å². The Morgan fingerprint density at radius 3 is 1.70 bits per heavy atom. The molecule has 0 aromatic heterocycles. The SMILES string of the molecule is C=CC(=O)OCCNCS(=O)(=O)CCC(F)(F)C(F)(F)C(F)(F)C(F)(F)C(F)(F)C(F)(F)F. The van der Waals surface area contributed by atoms with Crippen molar-refractivity contribution >= 4 is 15.8 Å². The summed E-state index contributed by atoms with van der Waals surface area (Å²) >= 11 is 0. The highest BCUT2D eigenvalue weighted by Gasteiger charge is 2.90. The molecule has 0 atom stereocenters. The largest absolute Gasteiger partial charge is 0.461 e. The van der Waals surface area contributed by atoms with Gasteiger partial charge in [-0.1, -0.05) is 6.58 Å². The summed E-state index contributed by atoms with van der Waals surface area (Å²) in [5, 5.41) is 1.95. The minimum atomic E-state index is -8.05. The molecular weight excluding hydrogens is 525 g/mol. The molecule has 19 heteroatoms. The number of nitrogens with one attached hydrogen (secondary N) is 1. The van der Waals surface area contributed by atoms with Crippen molar-refractivity contribution in [1.82, 2.24) is 5.32 Å². The fraction of sp³-hybridized carbons (Fsp3) is 0.786.